The van der Waals surface area contributed by atoms with Gasteiger partial charge in [0.05, 0.1) is 21.8 Å². The summed E-state index contributed by atoms with van der Waals surface area (Å²) in [6.45, 7) is 12.0. The minimum atomic E-state index is -1.18. The third-order valence-electron chi connectivity index (χ3n) is 4.09. The van der Waals surface area contributed by atoms with Crippen molar-refractivity contribution in [1.29, 1.82) is 0 Å². The van der Waals surface area contributed by atoms with Gasteiger partial charge in [-0.15, -0.1) is 6.58 Å². The Hall–Kier alpha value is -1.23. The Labute approximate surface area is 162 Å². The van der Waals surface area contributed by atoms with Crippen molar-refractivity contribution in [2.24, 2.45) is 0 Å². The molecular formula is C21H26BrNOS. The van der Waals surface area contributed by atoms with Gasteiger partial charge in [-0.25, -0.2) is 8.93 Å². The zero-order valence-corrected chi connectivity index (χ0v) is 17.7. The van der Waals surface area contributed by atoms with E-state index in [0.29, 0.717) is 0 Å². The molecule has 0 saturated carbocycles. The summed E-state index contributed by atoms with van der Waals surface area (Å²) in [6, 6.07) is 16.5. The van der Waals surface area contributed by atoms with Crippen LogP contribution in [0.3, 0.4) is 0 Å². The Morgan fingerprint density at radius 2 is 1.56 bits per heavy atom. The Morgan fingerprint density at radius 3 is 2.04 bits per heavy atom. The van der Waals surface area contributed by atoms with E-state index in [-0.39, 0.29) is 16.7 Å². The van der Waals surface area contributed by atoms with Crippen molar-refractivity contribution >= 4 is 26.9 Å². The fourth-order valence-corrected chi connectivity index (χ4v) is 3.70. The first kappa shape index (κ1) is 20.1. The SMILES string of the molecule is C=C[C@@H](c1ccc(Br)cc1)[C@H](NS(=O)C(C)(C)C)c1ccc(C)cc1. The summed E-state index contributed by atoms with van der Waals surface area (Å²) in [5, 5.41) is 0. The van der Waals surface area contributed by atoms with Crippen LogP contribution in [0.5, 0.6) is 0 Å². The topological polar surface area (TPSA) is 29.1 Å². The van der Waals surface area contributed by atoms with Crippen LogP contribution in [0.2, 0.25) is 0 Å². The molecule has 0 aliphatic rings. The largest absolute Gasteiger partial charge is 0.242 e. The second kappa shape index (κ2) is 8.43. The molecule has 2 aromatic carbocycles. The fraction of sp³-hybridized carbons (Fsp3) is 0.333. The second-order valence-electron chi connectivity index (χ2n) is 7.20. The van der Waals surface area contributed by atoms with E-state index >= 15 is 0 Å². The van der Waals surface area contributed by atoms with Crippen molar-refractivity contribution in [2.45, 2.75) is 44.4 Å². The monoisotopic (exact) mass is 419 g/mol. The smallest absolute Gasteiger partial charge is 0.0976 e. The second-order valence-corrected chi connectivity index (χ2v) is 10.1. The third-order valence-corrected chi connectivity index (χ3v) is 6.20. The van der Waals surface area contributed by atoms with E-state index in [1.807, 2.05) is 39.0 Å². The summed E-state index contributed by atoms with van der Waals surface area (Å²) < 4.78 is 16.8. The van der Waals surface area contributed by atoms with Crippen molar-refractivity contribution in [3.63, 3.8) is 0 Å². The highest BCUT2D eigenvalue weighted by molar-refractivity contribution is 9.10. The number of benzene rings is 2. The van der Waals surface area contributed by atoms with Crippen LogP contribution in [0.25, 0.3) is 0 Å². The average molecular weight is 420 g/mol. The first-order valence-electron chi connectivity index (χ1n) is 8.35. The summed E-state index contributed by atoms with van der Waals surface area (Å²) in [5.74, 6) is 0.0158. The Bertz CT molecular complexity index is 732. The molecule has 0 aromatic heterocycles. The molecule has 134 valence electrons. The molecule has 0 aliphatic carbocycles. The first-order valence-corrected chi connectivity index (χ1v) is 10.3. The molecule has 25 heavy (non-hydrogen) atoms. The standard InChI is InChI=1S/C21H26BrNOS/c1-6-19(16-11-13-18(22)14-12-16)20(23-25(24)21(3,4)5)17-9-7-15(2)8-10-17/h6-14,19-20,23H,1H2,2-5H3/t19-,20+,25?/m0/s1. The van der Waals surface area contributed by atoms with Crippen molar-refractivity contribution in [2.75, 3.05) is 0 Å². The first-order chi connectivity index (χ1) is 11.7. The van der Waals surface area contributed by atoms with E-state index in [1.54, 1.807) is 0 Å². The van der Waals surface area contributed by atoms with Gasteiger partial charge >= 0.3 is 0 Å². The number of rotatable bonds is 6. The van der Waals surface area contributed by atoms with Crippen LogP contribution in [-0.2, 0) is 11.0 Å². The van der Waals surface area contributed by atoms with Crippen LogP contribution < -0.4 is 4.72 Å². The summed E-state index contributed by atoms with van der Waals surface area (Å²) >= 11 is 3.48. The molecule has 1 N–H and O–H groups in total. The van der Waals surface area contributed by atoms with E-state index < -0.39 is 11.0 Å². The van der Waals surface area contributed by atoms with Crippen LogP contribution in [0.4, 0.5) is 0 Å². The maximum absolute atomic E-state index is 12.8. The molecule has 0 radical (unpaired) electrons. The molecule has 0 heterocycles. The lowest BCUT2D eigenvalue weighted by molar-refractivity contribution is 0.566. The van der Waals surface area contributed by atoms with E-state index in [9.17, 15) is 4.21 Å². The summed E-state index contributed by atoms with van der Waals surface area (Å²) in [7, 11) is -1.18. The number of nitrogens with one attached hydrogen (secondary N) is 1. The molecular weight excluding hydrogens is 394 g/mol. The van der Waals surface area contributed by atoms with Gasteiger partial charge in [-0.05, 0) is 51.0 Å². The molecule has 0 amide bonds. The Morgan fingerprint density at radius 1 is 1.04 bits per heavy atom. The number of hydrogen-bond donors (Lipinski definition) is 1. The number of hydrogen-bond acceptors (Lipinski definition) is 1. The fourth-order valence-electron chi connectivity index (χ4n) is 2.56. The van der Waals surface area contributed by atoms with Crippen LogP contribution >= 0.6 is 15.9 Å². The molecule has 3 atom stereocenters. The van der Waals surface area contributed by atoms with Crippen molar-refractivity contribution in [3.05, 3.63) is 82.3 Å². The van der Waals surface area contributed by atoms with E-state index in [0.717, 1.165) is 15.6 Å². The number of aryl methyl sites for hydroxylation is 1. The van der Waals surface area contributed by atoms with Gasteiger partial charge in [0, 0.05) is 10.4 Å². The maximum atomic E-state index is 12.8. The van der Waals surface area contributed by atoms with Gasteiger partial charge in [0.2, 0.25) is 0 Å². The van der Waals surface area contributed by atoms with Crippen molar-refractivity contribution < 1.29 is 4.21 Å². The summed E-state index contributed by atoms with van der Waals surface area (Å²) in [5.41, 5.74) is 3.46. The van der Waals surface area contributed by atoms with Crippen molar-refractivity contribution in [1.82, 2.24) is 4.72 Å². The van der Waals surface area contributed by atoms with Crippen LogP contribution in [-0.4, -0.2) is 8.96 Å². The molecule has 0 bridgehead atoms. The lowest BCUT2D eigenvalue weighted by Crippen LogP contribution is -2.37. The highest BCUT2D eigenvalue weighted by Crippen LogP contribution is 2.34. The minimum Gasteiger partial charge on any atom is -0.242 e. The summed E-state index contributed by atoms with van der Waals surface area (Å²) in [6.07, 6.45) is 1.93. The van der Waals surface area contributed by atoms with E-state index in [4.69, 9.17) is 0 Å². The highest BCUT2D eigenvalue weighted by atomic mass is 79.9. The maximum Gasteiger partial charge on any atom is 0.0976 e. The van der Waals surface area contributed by atoms with Gasteiger partial charge in [0.1, 0.15) is 0 Å². The molecule has 4 heteroatoms. The highest BCUT2D eigenvalue weighted by Gasteiger charge is 2.28. The van der Waals surface area contributed by atoms with E-state index in [2.05, 4.69) is 70.6 Å². The summed E-state index contributed by atoms with van der Waals surface area (Å²) in [4.78, 5) is 0. The third kappa shape index (κ3) is 5.37. The molecule has 0 spiro atoms. The predicted octanol–water partition coefficient (Wildman–Crippen LogP) is 5.82. The van der Waals surface area contributed by atoms with Gasteiger partial charge < -0.3 is 0 Å². The molecule has 2 rings (SSSR count). The van der Waals surface area contributed by atoms with Gasteiger partial charge in [-0.2, -0.15) is 0 Å². The number of halogens is 1. The normalized spacial score (nSPS) is 15.4. The molecule has 1 unspecified atom stereocenters. The molecule has 2 nitrogen and oxygen atoms in total. The Balaban J connectivity index is 2.44. The van der Waals surface area contributed by atoms with Crippen molar-refractivity contribution in [3.8, 4) is 0 Å². The van der Waals surface area contributed by atoms with Gasteiger partial charge in [0.15, 0.2) is 0 Å². The lowest BCUT2D eigenvalue weighted by atomic mass is 9.87. The molecule has 0 fully saturated rings. The minimum absolute atomic E-state index is 0.0158. The van der Waals surface area contributed by atoms with Gasteiger partial charge in [-0.3, -0.25) is 0 Å². The van der Waals surface area contributed by atoms with Gasteiger partial charge in [0.25, 0.3) is 0 Å². The Kier molecular flexibility index (Phi) is 6.78. The van der Waals surface area contributed by atoms with Crippen LogP contribution in [0.1, 0.15) is 49.4 Å². The zero-order valence-electron chi connectivity index (χ0n) is 15.3. The lowest BCUT2D eigenvalue weighted by Gasteiger charge is -2.29. The van der Waals surface area contributed by atoms with Crippen LogP contribution in [0.15, 0.2) is 65.7 Å². The zero-order chi connectivity index (χ0) is 18.6. The molecule has 0 aliphatic heterocycles. The molecule has 2 aromatic rings. The van der Waals surface area contributed by atoms with Crippen LogP contribution in [0, 0.1) is 6.92 Å². The average Bonchev–Trinajstić information content (AvgIpc) is 2.56. The molecule has 0 saturated heterocycles. The quantitative estimate of drug-likeness (QED) is 0.586. The van der Waals surface area contributed by atoms with Gasteiger partial charge in [-0.1, -0.05) is 64.0 Å². The predicted molar refractivity (Wildman–Crippen MR) is 112 cm³/mol. The van der Waals surface area contributed by atoms with E-state index in [1.165, 1.54) is 5.56 Å².